The molecule has 2 aromatic carbocycles. The first-order chi connectivity index (χ1) is 8.36. The van der Waals surface area contributed by atoms with Gasteiger partial charge in [0.25, 0.3) is 0 Å². The lowest BCUT2D eigenvalue weighted by molar-refractivity contribution is -0.105. The van der Waals surface area contributed by atoms with Crippen LogP contribution in [0, 0.1) is 0 Å². The van der Waals surface area contributed by atoms with E-state index in [0.717, 1.165) is 12.1 Å². The molecular weight excluding hydrogens is 210 g/mol. The predicted octanol–water partition coefficient (Wildman–Crippen LogP) is 3.50. The average Bonchev–Trinajstić information content (AvgIpc) is 2.42. The Kier molecular flexibility index (Phi) is 6.19. The van der Waals surface area contributed by atoms with Crippen molar-refractivity contribution < 1.29 is 4.79 Å². The van der Waals surface area contributed by atoms with Crippen LogP contribution in [0.4, 0.5) is 5.69 Å². The van der Waals surface area contributed by atoms with Crippen LogP contribution in [0.2, 0.25) is 0 Å². The minimum Gasteiger partial charge on any atom is -0.329 e. The van der Waals surface area contributed by atoms with Crippen molar-refractivity contribution >= 4 is 12.1 Å². The number of para-hydroxylation sites is 1. The Balaban J connectivity index is 0.000000171. The lowest BCUT2D eigenvalue weighted by atomic mass is 10.2. The zero-order valence-corrected chi connectivity index (χ0v) is 9.97. The van der Waals surface area contributed by atoms with E-state index in [9.17, 15) is 4.79 Å². The molecule has 0 saturated heterocycles. The number of anilines is 1. The van der Waals surface area contributed by atoms with Crippen molar-refractivity contribution in [3.8, 4) is 0 Å². The third-order valence-electron chi connectivity index (χ3n) is 2.25. The van der Waals surface area contributed by atoms with Gasteiger partial charge in [0.1, 0.15) is 0 Å². The van der Waals surface area contributed by atoms with Gasteiger partial charge in [-0.15, -0.1) is 0 Å². The summed E-state index contributed by atoms with van der Waals surface area (Å²) >= 11 is 0. The molecule has 2 heteroatoms. The summed E-state index contributed by atoms with van der Waals surface area (Å²) in [5.74, 6) is 0. The van der Waals surface area contributed by atoms with E-state index in [1.54, 1.807) is 0 Å². The summed E-state index contributed by atoms with van der Waals surface area (Å²) in [6, 6.07) is 19.7. The Hall–Kier alpha value is -2.09. The maximum Gasteiger partial charge on any atom is 0.211 e. The number of rotatable bonds is 3. The Morgan fingerprint density at radius 2 is 1.47 bits per heavy atom. The highest BCUT2D eigenvalue weighted by atomic mass is 16.1. The van der Waals surface area contributed by atoms with Gasteiger partial charge in [0, 0.05) is 5.69 Å². The van der Waals surface area contributed by atoms with Gasteiger partial charge < -0.3 is 5.32 Å². The maximum atomic E-state index is 9.86. The van der Waals surface area contributed by atoms with Crippen molar-refractivity contribution in [2.24, 2.45) is 0 Å². The highest BCUT2D eigenvalue weighted by molar-refractivity contribution is 5.70. The Labute approximate surface area is 102 Å². The minimum atomic E-state index is 0.662. The van der Waals surface area contributed by atoms with E-state index in [2.05, 4.69) is 36.5 Å². The fourth-order valence-corrected chi connectivity index (χ4v) is 1.32. The van der Waals surface area contributed by atoms with Gasteiger partial charge >= 0.3 is 0 Å². The first-order valence-electron chi connectivity index (χ1n) is 5.66. The second-order valence-electron chi connectivity index (χ2n) is 3.47. The van der Waals surface area contributed by atoms with Crippen molar-refractivity contribution in [3.63, 3.8) is 0 Å². The molecule has 0 spiro atoms. The van der Waals surface area contributed by atoms with E-state index in [0.29, 0.717) is 6.41 Å². The van der Waals surface area contributed by atoms with E-state index >= 15 is 0 Å². The van der Waals surface area contributed by atoms with Crippen LogP contribution in [0.3, 0.4) is 0 Å². The molecule has 2 nitrogen and oxygen atoms in total. The van der Waals surface area contributed by atoms with Crippen LogP contribution >= 0.6 is 0 Å². The third-order valence-corrected chi connectivity index (χ3v) is 2.25. The molecule has 0 aromatic heterocycles. The average molecular weight is 227 g/mol. The summed E-state index contributed by atoms with van der Waals surface area (Å²) in [6.45, 7) is 2.16. The second kappa shape index (κ2) is 8.11. The summed E-state index contributed by atoms with van der Waals surface area (Å²) in [4.78, 5) is 9.86. The molecule has 0 aliphatic carbocycles. The van der Waals surface area contributed by atoms with E-state index in [4.69, 9.17) is 0 Å². The zero-order chi connectivity index (χ0) is 12.3. The van der Waals surface area contributed by atoms with E-state index in [1.165, 1.54) is 5.56 Å². The summed E-state index contributed by atoms with van der Waals surface area (Å²) < 4.78 is 0. The maximum absolute atomic E-state index is 9.86. The highest BCUT2D eigenvalue weighted by Gasteiger charge is 1.81. The molecule has 88 valence electrons. The van der Waals surface area contributed by atoms with Crippen LogP contribution in [0.5, 0.6) is 0 Å². The standard InChI is InChI=1S/C8H10.C7H7NO/c1-2-8-6-4-3-5-7-8;9-6-8-7-4-2-1-3-5-7/h3-7H,2H2,1H3;1-6H,(H,8,9). The van der Waals surface area contributed by atoms with Crippen molar-refractivity contribution in [1.82, 2.24) is 0 Å². The first kappa shape index (κ1) is 13.0. The number of hydrogen-bond acceptors (Lipinski definition) is 1. The molecular formula is C15H17NO. The van der Waals surface area contributed by atoms with Gasteiger partial charge in [-0.05, 0) is 24.1 Å². The van der Waals surface area contributed by atoms with Gasteiger partial charge in [0.2, 0.25) is 6.41 Å². The topological polar surface area (TPSA) is 29.1 Å². The quantitative estimate of drug-likeness (QED) is 0.799. The van der Waals surface area contributed by atoms with Crippen molar-refractivity contribution in [2.75, 3.05) is 5.32 Å². The number of benzene rings is 2. The van der Waals surface area contributed by atoms with Crippen molar-refractivity contribution in [2.45, 2.75) is 13.3 Å². The molecule has 0 bridgehead atoms. The number of carbonyl (C=O) groups excluding carboxylic acids is 1. The minimum absolute atomic E-state index is 0.662. The molecule has 0 fully saturated rings. The van der Waals surface area contributed by atoms with Crippen LogP contribution in [0.25, 0.3) is 0 Å². The summed E-state index contributed by atoms with van der Waals surface area (Å²) in [7, 11) is 0. The monoisotopic (exact) mass is 227 g/mol. The van der Waals surface area contributed by atoms with Gasteiger partial charge in [-0.25, -0.2) is 0 Å². The predicted molar refractivity (Wildman–Crippen MR) is 71.9 cm³/mol. The van der Waals surface area contributed by atoms with E-state index in [-0.39, 0.29) is 0 Å². The smallest absolute Gasteiger partial charge is 0.211 e. The molecule has 0 radical (unpaired) electrons. The molecule has 2 rings (SSSR count). The number of amides is 1. The van der Waals surface area contributed by atoms with Gasteiger partial charge in [-0.3, -0.25) is 4.79 Å². The molecule has 0 aliphatic rings. The molecule has 1 amide bonds. The highest BCUT2D eigenvalue weighted by Crippen LogP contribution is 2.01. The van der Waals surface area contributed by atoms with Crippen LogP contribution in [0.15, 0.2) is 60.7 Å². The summed E-state index contributed by atoms with van der Waals surface area (Å²) in [5.41, 5.74) is 2.24. The van der Waals surface area contributed by atoms with Crippen molar-refractivity contribution in [1.29, 1.82) is 0 Å². The molecule has 0 saturated carbocycles. The molecule has 17 heavy (non-hydrogen) atoms. The molecule has 0 atom stereocenters. The van der Waals surface area contributed by atoms with E-state index < -0.39 is 0 Å². The SMILES string of the molecule is CCc1ccccc1.O=CNc1ccccc1. The second-order valence-corrected chi connectivity index (χ2v) is 3.47. The molecule has 0 heterocycles. The largest absolute Gasteiger partial charge is 0.329 e. The number of nitrogens with one attached hydrogen (secondary N) is 1. The first-order valence-corrected chi connectivity index (χ1v) is 5.66. The van der Waals surface area contributed by atoms with Gasteiger partial charge in [0.05, 0.1) is 0 Å². The van der Waals surface area contributed by atoms with Crippen LogP contribution < -0.4 is 5.32 Å². The van der Waals surface area contributed by atoms with Crippen LogP contribution in [0.1, 0.15) is 12.5 Å². The number of hydrogen-bond donors (Lipinski definition) is 1. The fourth-order valence-electron chi connectivity index (χ4n) is 1.32. The molecule has 2 aromatic rings. The summed E-state index contributed by atoms with van der Waals surface area (Å²) in [6.07, 6.45) is 1.80. The van der Waals surface area contributed by atoms with Gasteiger partial charge in [0.15, 0.2) is 0 Å². The molecule has 0 aliphatic heterocycles. The van der Waals surface area contributed by atoms with Crippen molar-refractivity contribution in [3.05, 3.63) is 66.2 Å². The number of aryl methyl sites for hydroxylation is 1. The Morgan fingerprint density at radius 3 is 1.88 bits per heavy atom. The van der Waals surface area contributed by atoms with Gasteiger partial charge in [-0.1, -0.05) is 55.5 Å². The normalized spacial score (nSPS) is 8.76. The number of carbonyl (C=O) groups is 1. The summed E-state index contributed by atoms with van der Waals surface area (Å²) in [5, 5.41) is 2.53. The molecule has 0 unspecified atom stereocenters. The third kappa shape index (κ3) is 5.52. The Morgan fingerprint density at radius 1 is 0.941 bits per heavy atom. The zero-order valence-electron chi connectivity index (χ0n) is 9.97. The van der Waals surface area contributed by atoms with Crippen LogP contribution in [-0.2, 0) is 11.2 Å². The van der Waals surface area contributed by atoms with Gasteiger partial charge in [-0.2, -0.15) is 0 Å². The van der Waals surface area contributed by atoms with E-state index in [1.807, 2.05) is 36.4 Å². The van der Waals surface area contributed by atoms with Crippen LogP contribution in [-0.4, -0.2) is 6.41 Å². The molecule has 1 N–H and O–H groups in total. The lowest BCUT2D eigenvalue weighted by Gasteiger charge is -1.93. The Bertz CT molecular complexity index is 411. The lowest BCUT2D eigenvalue weighted by Crippen LogP contribution is -1.91. The fraction of sp³-hybridized carbons (Fsp3) is 0.133.